The molecule has 2 aromatic carbocycles. The third kappa shape index (κ3) is 5.76. The van der Waals surface area contributed by atoms with Gasteiger partial charge in [0.15, 0.2) is 11.6 Å². The third-order valence-corrected chi connectivity index (χ3v) is 5.18. The molecular formula is C25H29F2N3O3. The summed E-state index contributed by atoms with van der Waals surface area (Å²) in [6.45, 7) is 6.60. The van der Waals surface area contributed by atoms with Gasteiger partial charge in [-0.15, -0.1) is 0 Å². The number of nitrogens with zero attached hydrogens (tertiary/aromatic N) is 3. The number of methoxy groups -OCH3 is 1. The van der Waals surface area contributed by atoms with Gasteiger partial charge in [0.2, 0.25) is 11.8 Å². The lowest BCUT2D eigenvalue weighted by Gasteiger charge is -2.25. The van der Waals surface area contributed by atoms with Crippen LogP contribution in [0, 0.1) is 17.6 Å². The van der Waals surface area contributed by atoms with Gasteiger partial charge in [0.25, 0.3) is 0 Å². The fourth-order valence-corrected chi connectivity index (χ4v) is 3.46. The van der Waals surface area contributed by atoms with E-state index in [1.165, 1.54) is 6.07 Å². The number of ether oxygens (including phenoxy) is 2. The Morgan fingerprint density at radius 1 is 1.15 bits per heavy atom. The monoisotopic (exact) mass is 457 g/mol. The molecule has 1 heterocycles. The maximum Gasteiger partial charge on any atom is 0.228 e. The molecule has 176 valence electrons. The van der Waals surface area contributed by atoms with Crippen molar-refractivity contribution in [2.24, 2.45) is 5.92 Å². The molecule has 1 aromatic heterocycles. The number of hydrogen-bond acceptors (Lipinski definition) is 4. The van der Waals surface area contributed by atoms with Crippen LogP contribution in [-0.4, -0.2) is 40.8 Å². The van der Waals surface area contributed by atoms with Crippen LogP contribution in [0.4, 0.5) is 8.78 Å². The van der Waals surface area contributed by atoms with Crippen molar-refractivity contribution in [1.29, 1.82) is 0 Å². The zero-order chi connectivity index (χ0) is 24.0. The summed E-state index contributed by atoms with van der Waals surface area (Å²) in [5, 5.41) is 4.71. The first-order chi connectivity index (χ1) is 15.8. The molecule has 0 fully saturated rings. The molecule has 0 radical (unpaired) electrons. The third-order valence-electron chi connectivity index (χ3n) is 5.18. The van der Waals surface area contributed by atoms with Gasteiger partial charge in [-0.1, -0.05) is 39.0 Å². The van der Waals surface area contributed by atoms with Crippen molar-refractivity contribution in [1.82, 2.24) is 14.7 Å². The van der Waals surface area contributed by atoms with Gasteiger partial charge in [0, 0.05) is 25.6 Å². The molecule has 6 nitrogen and oxygen atoms in total. The van der Waals surface area contributed by atoms with Gasteiger partial charge >= 0.3 is 0 Å². The van der Waals surface area contributed by atoms with E-state index < -0.39 is 11.6 Å². The second-order valence-electron chi connectivity index (χ2n) is 7.92. The molecule has 0 unspecified atom stereocenters. The topological polar surface area (TPSA) is 56.6 Å². The molecule has 0 aliphatic carbocycles. The van der Waals surface area contributed by atoms with Gasteiger partial charge in [-0.05, 0) is 30.7 Å². The van der Waals surface area contributed by atoms with E-state index in [1.54, 1.807) is 16.7 Å². The molecule has 0 aliphatic rings. The Hall–Kier alpha value is -3.26. The van der Waals surface area contributed by atoms with Crippen molar-refractivity contribution >= 4 is 5.91 Å². The first kappa shape index (κ1) is 24.4. The van der Waals surface area contributed by atoms with E-state index in [2.05, 4.69) is 0 Å². The lowest BCUT2D eigenvalue weighted by Crippen LogP contribution is -2.36. The Morgan fingerprint density at radius 3 is 2.48 bits per heavy atom. The number of amides is 1. The average molecular weight is 458 g/mol. The Kier molecular flexibility index (Phi) is 8.16. The summed E-state index contributed by atoms with van der Waals surface area (Å²) in [6.07, 6.45) is 0.575. The first-order valence-electron chi connectivity index (χ1n) is 10.9. The zero-order valence-corrected chi connectivity index (χ0v) is 19.3. The predicted molar refractivity (Wildman–Crippen MR) is 122 cm³/mol. The number of carbonyl (C=O) groups excluding carboxylic acids is 1. The smallest absolute Gasteiger partial charge is 0.228 e. The molecule has 0 spiro atoms. The highest BCUT2D eigenvalue weighted by atomic mass is 19.1. The van der Waals surface area contributed by atoms with Crippen LogP contribution in [0.15, 0.2) is 48.5 Å². The minimum atomic E-state index is -0.825. The number of halogens is 2. The van der Waals surface area contributed by atoms with Crippen LogP contribution in [0.25, 0.3) is 5.69 Å². The largest absolute Gasteiger partial charge is 0.435 e. The van der Waals surface area contributed by atoms with E-state index >= 15 is 0 Å². The molecular weight excluding hydrogens is 428 g/mol. The van der Waals surface area contributed by atoms with Crippen LogP contribution in [0.3, 0.4) is 0 Å². The Morgan fingerprint density at radius 2 is 1.88 bits per heavy atom. The summed E-state index contributed by atoms with van der Waals surface area (Å²) in [7, 11) is 1.58. The van der Waals surface area contributed by atoms with E-state index in [4.69, 9.17) is 14.6 Å². The highest BCUT2D eigenvalue weighted by Gasteiger charge is 2.26. The molecule has 0 saturated carbocycles. The summed E-state index contributed by atoms with van der Waals surface area (Å²) < 4.78 is 40.7. The van der Waals surface area contributed by atoms with Crippen molar-refractivity contribution < 1.29 is 23.0 Å². The van der Waals surface area contributed by atoms with Crippen LogP contribution in [0.2, 0.25) is 0 Å². The lowest BCUT2D eigenvalue weighted by molar-refractivity contribution is -0.135. The molecule has 0 saturated heterocycles. The van der Waals surface area contributed by atoms with Crippen LogP contribution in [0.5, 0.6) is 11.6 Å². The summed E-state index contributed by atoms with van der Waals surface area (Å²) in [5.74, 6) is -1.62. The lowest BCUT2D eigenvalue weighted by atomic mass is 10.1. The minimum Gasteiger partial charge on any atom is -0.435 e. The van der Waals surface area contributed by atoms with E-state index in [1.807, 2.05) is 51.1 Å². The summed E-state index contributed by atoms with van der Waals surface area (Å²) in [6, 6.07) is 12.4. The van der Waals surface area contributed by atoms with Gasteiger partial charge in [-0.25, -0.2) is 13.5 Å². The maximum absolute atomic E-state index is 14.5. The highest BCUT2D eigenvalue weighted by Crippen LogP contribution is 2.33. The quantitative estimate of drug-likeness (QED) is 0.423. The molecule has 1 amide bonds. The van der Waals surface area contributed by atoms with Crippen molar-refractivity contribution in [3.63, 3.8) is 0 Å². The molecule has 8 heteroatoms. The summed E-state index contributed by atoms with van der Waals surface area (Å²) in [5.41, 5.74) is 2.10. The number of para-hydroxylation sites is 1. The van der Waals surface area contributed by atoms with Gasteiger partial charge in [-0.3, -0.25) is 4.79 Å². The number of benzene rings is 2. The van der Waals surface area contributed by atoms with Crippen LogP contribution in [-0.2, 0) is 22.5 Å². The second kappa shape index (κ2) is 11.0. The second-order valence-corrected chi connectivity index (χ2v) is 7.92. The van der Waals surface area contributed by atoms with Gasteiger partial charge < -0.3 is 14.4 Å². The fraction of sp³-hybridized carbons (Fsp3) is 0.360. The normalized spacial score (nSPS) is 11.1. The Bertz CT molecular complexity index is 1080. The number of aromatic nitrogens is 2. The van der Waals surface area contributed by atoms with Gasteiger partial charge in [-0.2, -0.15) is 5.10 Å². The van der Waals surface area contributed by atoms with E-state index in [0.717, 1.165) is 23.5 Å². The van der Waals surface area contributed by atoms with E-state index in [-0.39, 0.29) is 30.0 Å². The van der Waals surface area contributed by atoms with Crippen molar-refractivity contribution in [2.45, 2.75) is 33.7 Å². The first-order valence-corrected chi connectivity index (χ1v) is 10.9. The minimum absolute atomic E-state index is 0.0412. The number of aryl methyl sites for hydroxylation is 1. The summed E-state index contributed by atoms with van der Waals surface area (Å²) >= 11 is 0. The van der Waals surface area contributed by atoms with Crippen LogP contribution in [0.1, 0.15) is 32.0 Å². The number of hydrogen-bond donors (Lipinski definition) is 0. The van der Waals surface area contributed by atoms with Crippen LogP contribution < -0.4 is 4.74 Å². The predicted octanol–water partition coefficient (Wildman–Crippen LogP) is 5.14. The molecule has 33 heavy (non-hydrogen) atoms. The van der Waals surface area contributed by atoms with Gasteiger partial charge in [0.05, 0.1) is 30.1 Å². The zero-order valence-electron chi connectivity index (χ0n) is 19.3. The molecule has 3 aromatic rings. The van der Waals surface area contributed by atoms with Crippen LogP contribution >= 0.6 is 0 Å². The molecule has 0 N–H and O–H groups in total. The molecule has 3 rings (SSSR count). The maximum atomic E-state index is 14.5. The Labute approximate surface area is 192 Å². The molecule has 0 bridgehead atoms. The van der Waals surface area contributed by atoms with Gasteiger partial charge in [0.1, 0.15) is 5.82 Å². The number of rotatable bonds is 10. The summed E-state index contributed by atoms with van der Waals surface area (Å²) in [4.78, 5) is 14.6. The Balaban J connectivity index is 2.12. The molecule has 0 atom stereocenters. The standard InChI is InChI=1S/C25H29F2N3O3/c1-5-22-20(16-29(13-14-32-4)24(31)17(2)3)25(30(28-22)19-9-7-6-8-10-19)33-23-12-11-18(26)15-21(23)27/h6-12,15,17H,5,13-14,16H2,1-4H3. The fourth-order valence-electron chi connectivity index (χ4n) is 3.46. The van der Waals surface area contributed by atoms with Crippen molar-refractivity contribution in [2.75, 3.05) is 20.3 Å². The SMILES string of the molecule is CCc1nn(-c2ccccc2)c(Oc2ccc(F)cc2F)c1CN(CCOC)C(=O)C(C)C. The average Bonchev–Trinajstić information content (AvgIpc) is 3.15. The van der Waals surface area contributed by atoms with E-state index in [9.17, 15) is 13.6 Å². The molecule has 0 aliphatic heterocycles. The van der Waals surface area contributed by atoms with E-state index in [0.29, 0.717) is 25.1 Å². The number of carbonyl (C=O) groups is 1. The van der Waals surface area contributed by atoms with Crippen molar-refractivity contribution in [3.05, 3.63) is 71.4 Å². The highest BCUT2D eigenvalue weighted by molar-refractivity contribution is 5.78. The van der Waals surface area contributed by atoms with Crippen molar-refractivity contribution in [3.8, 4) is 17.3 Å².